The second-order valence-corrected chi connectivity index (χ2v) is 5.36. The van der Waals surface area contributed by atoms with Gasteiger partial charge in [0.05, 0.1) is 12.1 Å². The molecule has 2 fully saturated rings. The van der Waals surface area contributed by atoms with E-state index >= 15 is 0 Å². The number of amides is 1. The monoisotopic (exact) mass is 228 g/mol. The first-order valence-corrected chi connectivity index (χ1v) is 5.84. The number of nitrogens with zero attached hydrogens (tertiary/aromatic N) is 1. The van der Waals surface area contributed by atoms with Crippen LogP contribution in [0.25, 0.3) is 0 Å². The third kappa shape index (κ3) is 2.15. The Morgan fingerprint density at radius 2 is 2.19 bits per heavy atom. The Labute approximate surface area is 95.5 Å². The molecule has 1 aliphatic heterocycles. The quantitative estimate of drug-likeness (QED) is 0.720. The Bertz CT molecular complexity index is 291. The van der Waals surface area contributed by atoms with E-state index in [1.165, 1.54) is 0 Å². The summed E-state index contributed by atoms with van der Waals surface area (Å²) in [6.07, 6.45) is 3.36. The Balaban J connectivity index is 1.87. The van der Waals surface area contributed by atoms with Crippen LogP contribution in [0, 0.1) is 0 Å². The fraction of sp³-hybridized carbons (Fsp3) is 0.909. The van der Waals surface area contributed by atoms with E-state index in [1.807, 2.05) is 6.92 Å². The molecule has 0 bridgehead atoms. The normalized spacial score (nSPS) is 32.3. The average molecular weight is 228 g/mol. The fourth-order valence-electron chi connectivity index (χ4n) is 2.23. The van der Waals surface area contributed by atoms with Gasteiger partial charge in [-0.3, -0.25) is 0 Å². The van der Waals surface area contributed by atoms with Crippen molar-refractivity contribution in [1.29, 1.82) is 0 Å². The van der Waals surface area contributed by atoms with Crippen molar-refractivity contribution in [2.75, 3.05) is 19.7 Å². The molecule has 16 heavy (non-hydrogen) atoms. The molecule has 0 spiro atoms. The number of likely N-dealkylation sites (tertiary alicyclic amines) is 1. The van der Waals surface area contributed by atoms with Crippen LogP contribution in [0.3, 0.4) is 0 Å². The first-order valence-electron chi connectivity index (χ1n) is 5.84. The van der Waals surface area contributed by atoms with Gasteiger partial charge in [-0.2, -0.15) is 0 Å². The topological polar surface area (TPSA) is 75.8 Å². The summed E-state index contributed by atoms with van der Waals surface area (Å²) >= 11 is 0. The van der Waals surface area contributed by atoms with Gasteiger partial charge < -0.3 is 20.5 Å². The third-order valence-electron chi connectivity index (χ3n) is 3.70. The lowest BCUT2D eigenvalue weighted by molar-refractivity contribution is -0.0461. The number of hydrogen-bond acceptors (Lipinski definition) is 4. The maximum atomic E-state index is 11.8. The predicted octanol–water partition coefficient (Wildman–Crippen LogP) is 0.461. The molecule has 0 aromatic heterocycles. The summed E-state index contributed by atoms with van der Waals surface area (Å²) in [5.74, 6) is 0. The molecule has 1 saturated heterocycles. The van der Waals surface area contributed by atoms with E-state index in [-0.39, 0.29) is 18.3 Å². The van der Waals surface area contributed by atoms with Gasteiger partial charge in [0.15, 0.2) is 0 Å². The molecule has 2 aliphatic rings. The van der Waals surface area contributed by atoms with Crippen LogP contribution in [0.4, 0.5) is 4.79 Å². The molecule has 0 aromatic carbocycles. The van der Waals surface area contributed by atoms with Gasteiger partial charge in [0.25, 0.3) is 0 Å². The van der Waals surface area contributed by atoms with Gasteiger partial charge in [-0.25, -0.2) is 4.79 Å². The summed E-state index contributed by atoms with van der Waals surface area (Å²) in [6.45, 7) is 2.84. The van der Waals surface area contributed by atoms with Crippen LogP contribution in [0.15, 0.2) is 0 Å². The van der Waals surface area contributed by atoms with Crippen molar-refractivity contribution in [3.05, 3.63) is 0 Å². The highest BCUT2D eigenvalue weighted by atomic mass is 16.6. The summed E-state index contributed by atoms with van der Waals surface area (Å²) in [4.78, 5) is 13.4. The number of carbonyl (C=O) groups excluding carboxylic acids is 1. The smallest absolute Gasteiger partial charge is 0.410 e. The van der Waals surface area contributed by atoms with Crippen LogP contribution >= 0.6 is 0 Å². The van der Waals surface area contributed by atoms with Gasteiger partial charge in [-0.05, 0) is 32.6 Å². The second-order valence-electron chi connectivity index (χ2n) is 5.36. The minimum absolute atomic E-state index is 0.0892. The summed E-state index contributed by atoms with van der Waals surface area (Å²) < 4.78 is 5.45. The van der Waals surface area contributed by atoms with Gasteiger partial charge >= 0.3 is 6.09 Å². The lowest BCUT2D eigenvalue weighted by Crippen LogP contribution is -2.48. The lowest BCUT2D eigenvalue weighted by atomic mass is 9.82. The maximum Gasteiger partial charge on any atom is 0.410 e. The predicted molar refractivity (Wildman–Crippen MR) is 58.9 cm³/mol. The molecule has 92 valence electrons. The number of aliphatic hydroxyl groups is 1. The number of hydrogen-bond donors (Lipinski definition) is 2. The highest BCUT2D eigenvalue weighted by molar-refractivity contribution is 5.69. The molecule has 1 atom stereocenters. The number of rotatable bonds is 2. The van der Waals surface area contributed by atoms with E-state index < -0.39 is 5.54 Å². The summed E-state index contributed by atoms with van der Waals surface area (Å²) in [5.41, 5.74) is 4.99. The standard InChI is InChI=1S/C11H20N2O3/c1-10(3-2-4-10)16-9(15)13-6-5-11(12,7-13)8-14/h14H,2-8,12H2,1H3/t11-/m0/s1. The highest BCUT2D eigenvalue weighted by Gasteiger charge is 2.41. The van der Waals surface area contributed by atoms with Gasteiger partial charge in [-0.1, -0.05) is 0 Å². The first-order chi connectivity index (χ1) is 7.46. The molecule has 0 radical (unpaired) electrons. The zero-order chi connectivity index (χ0) is 11.8. The summed E-state index contributed by atoms with van der Waals surface area (Å²) in [6, 6.07) is 0. The van der Waals surface area contributed by atoms with E-state index in [4.69, 9.17) is 15.6 Å². The molecule has 1 heterocycles. The number of nitrogens with two attached hydrogens (primary N) is 1. The third-order valence-corrected chi connectivity index (χ3v) is 3.70. The van der Waals surface area contributed by atoms with Gasteiger partial charge in [0.2, 0.25) is 0 Å². The maximum absolute atomic E-state index is 11.8. The zero-order valence-electron chi connectivity index (χ0n) is 9.74. The van der Waals surface area contributed by atoms with E-state index in [0.29, 0.717) is 19.5 Å². The van der Waals surface area contributed by atoms with Crippen molar-refractivity contribution in [1.82, 2.24) is 4.90 Å². The lowest BCUT2D eigenvalue weighted by Gasteiger charge is -2.38. The molecule has 1 amide bonds. The average Bonchev–Trinajstić information content (AvgIpc) is 2.60. The van der Waals surface area contributed by atoms with E-state index in [0.717, 1.165) is 19.3 Å². The Kier molecular flexibility index (Phi) is 2.84. The van der Waals surface area contributed by atoms with Crippen molar-refractivity contribution in [2.24, 2.45) is 5.73 Å². The zero-order valence-corrected chi connectivity index (χ0v) is 9.74. The highest BCUT2D eigenvalue weighted by Crippen LogP contribution is 2.35. The number of ether oxygens (including phenoxy) is 1. The summed E-state index contributed by atoms with van der Waals surface area (Å²) in [5, 5.41) is 9.11. The minimum Gasteiger partial charge on any atom is -0.443 e. The van der Waals surface area contributed by atoms with Gasteiger partial charge in [-0.15, -0.1) is 0 Å². The van der Waals surface area contributed by atoms with Crippen LogP contribution in [-0.4, -0.2) is 46.9 Å². The van der Waals surface area contributed by atoms with Crippen molar-refractivity contribution in [3.63, 3.8) is 0 Å². The van der Waals surface area contributed by atoms with E-state index in [2.05, 4.69) is 0 Å². The van der Waals surface area contributed by atoms with Crippen LogP contribution in [0.2, 0.25) is 0 Å². The number of carbonyl (C=O) groups is 1. The van der Waals surface area contributed by atoms with Crippen LogP contribution < -0.4 is 5.73 Å². The molecule has 2 rings (SSSR count). The van der Waals surface area contributed by atoms with Crippen LogP contribution in [0.1, 0.15) is 32.6 Å². The molecule has 1 aliphatic carbocycles. The molecule has 0 unspecified atom stereocenters. The van der Waals surface area contributed by atoms with Crippen molar-refractivity contribution in [2.45, 2.75) is 43.7 Å². The fourth-order valence-corrected chi connectivity index (χ4v) is 2.23. The van der Waals surface area contributed by atoms with Crippen LogP contribution in [0.5, 0.6) is 0 Å². The molecular formula is C11H20N2O3. The van der Waals surface area contributed by atoms with E-state index in [9.17, 15) is 4.79 Å². The Hall–Kier alpha value is -0.810. The van der Waals surface area contributed by atoms with Crippen molar-refractivity contribution >= 4 is 6.09 Å². The first kappa shape index (κ1) is 11.7. The van der Waals surface area contributed by atoms with Crippen LogP contribution in [-0.2, 0) is 4.74 Å². The van der Waals surface area contributed by atoms with Crippen molar-refractivity contribution < 1.29 is 14.6 Å². The SMILES string of the molecule is CC1(OC(=O)N2CC[C@@](N)(CO)C2)CCC1. The molecule has 1 saturated carbocycles. The molecule has 3 N–H and O–H groups in total. The molecule has 5 heteroatoms. The Morgan fingerprint density at radius 3 is 2.62 bits per heavy atom. The molecule has 0 aromatic rings. The molecule has 5 nitrogen and oxygen atoms in total. The van der Waals surface area contributed by atoms with E-state index in [1.54, 1.807) is 4.90 Å². The largest absolute Gasteiger partial charge is 0.443 e. The second kappa shape index (κ2) is 3.89. The molecular weight excluding hydrogens is 208 g/mol. The number of aliphatic hydroxyl groups excluding tert-OH is 1. The summed E-state index contributed by atoms with van der Waals surface area (Å²) in [7, 11) is 0. The Morgan fingerprint density at radius 1 is 1.50 bits per heavy atom. The van der Waals surface area contributed by atoms with Gasteiger partial charge in [0.1, 0.15) is 5.60 Å². The minimum atomic E-state index is -0.639. The van der Waals surface area contributed by atoms with Crippen molar-refractivity contribution in [3.8, 4) is 0 Å². The van der Waals surface area contributed by atoms with Gasteiger partial charge in [0, 0.05) is 13.1 Å².